The monoisotopic (exact) mass is 458 g/mol. The lowest BCUT2D eigenvalue weighted by molar-refractivity contribution is -0.139. The SMILES string of the molecule is Cc1cc(C)c(OCC(O)C[C@@H](O)CC(=O)O)c(C(c2ccc(F)cc2)C2CCCCC2)c1. The maximum Gasteiger partial charge on any atom is 0.305 e. The Morgan fingerprint density at radius 3 is 2.36 bits per heavy atom. The lowest BCUT2D eigenvalue weighted by Crippen LogP contribution is -2.26. The fourth-order valence-electron chi connectivity index (χ4n) is 5.11. The highest BCUT2D eigenvalue weighted by Crippen LogP contribution is 2.45. The van der Waals surface area contributed by atoms with E-state index < -0.39 is 24.6 Å². The average Bonchev–Trinajstić information content (AvgIpc) is 2.74. The molecule has 2 aromatic rings. The number of carboxylic acids is 1. The van der Waals surface area contributed by atoms with Gasteiger partial charge in [-0.1, -0.05) is 49.1 Å². The minimum absolute atomic E-state index is 0.0472. The van der Waals surface area contributed by atoms with Crippen LogP contribution in [0.4, 0.5) is 4.39 Å². The summed E-state index contributed by atoms with van der Waals surface area (Å²) in [6, 6.07) is 10.9. The van der Waals surface area contributed by atoms with E-state index in [1.807, 2.05) is 32.0 Å². The van der Waals surface area contributed by atoms with E-state index in [9.17, 15) is 19.4 Å². The van der Waals surface area contributed by atoms with E-state index in [1.54, 1.807) is 0 Å². The molecule has 2 aromatic carbocycles. The van der Waals surface area contributed by atoms with Gasteiger partial charge in [-0.25, -0.2) is 4.39 Å². The topological polar surface area (TPSA) is 87.0 Å². The van der Waals surface area contributed by atoms with Crippen LogP contribution < -0.4 is 4.74 Å². The molecule has 0 radical (unpaired) electrons. The van der Waals surface area contributed by atoms with Gasteiger partial charge in [0.2, 0.25) is 0 Å². The van der Waals surface area contributed by atoms with Gasteiger partial charge in [-0.15, -0.1) is 0 Å². The van der Waals surface area contributed by atoms with Crippen molar-refractivity contribution in [3.63, 3.8) is 0 Å². The van der Waals surface area contributed by atoms with Gasteiger partial charge < -0.3 is 20.1 Å². The Labute approximate surface area is 195 Å². The van der Waals surface area contributed by atoms with Crippen LogP contribution in [0.15, 0.2) is 36.4 Å². The van der Waals surface area contributed by atoms with Crippen molar-refractivity contribution in [2.45, 2.75) is 76.9 Å². The molecule has 1 saturated carbocycles. The summed E-state index contributed by atoms with van der Waals surface area (Å²) < 4.78 is 19.8. The van der Waals surface area contributed by atoms with Gasteiger partial charge in [0.25, 0.3) is 0 Å². The molecule has 3 rings (SSSR count). The van der Waals surface area contributed by atoms with Crippen LogP contribution in [0.3, 0.4) is 0 Å². The zero-order chi connectivity index (χ0) is 24.0. The summed E-state index contributed by atoms with van der Waals surface area (Å²) in [7, 11) is 0. The predicted octanol–water partition coefficient (Wildman–Crippen LogP) is 5.12. The maximum absolute atomic E-state index is 13.7. The molecular formula is C27H35FO5. The first-order chi connectivity index (χ1) is 15.7. The summed E-state index contributed by atoms with van der Waals surface area (Å²) in [6.07, 6.45) is 3.15. The van der Waals surface area contributed by atoms with E-state index in [1.165, 1.54) is 31.4 Å². The number of aliphatic carboxylic acids is 1. The lowest BCUT2D eigenvalue weighted by atomic mass is 9.73. The molecule has 0 amide bonds. The average molecular weight is 459 g/mol. The molecule has 6 heteroatoms. The van der Waals surface area contributed by atoms with Crippen molar-refractivity contribution in [2.75, 3.05) is 6.61 Å². The minimum Gasteiger partial charge on any atom is -0.490 e. The van der Waals surface area contributed by atoms with Crippen LogP contribution in [0.1, 0.15) is 73.1 Å². The molecule has 5 nitrogen and oxygen atoms in total. The lowest BCUT2D eigenvalue weighted by Gasteiger charge is -2.33. The van der Waals surface area contributed by atoms with Crippen LogP contribution in [0.5, 0.6) is 5.75 Å². The number of aliphatic hydroxyl groups excluding tert-OH is 2. The highest BCUT2D eigenvalue weighted by Gasteiger charge is 2.30. The zero-order valence-corrected chi connectivity index (χ0v) is 19.5. The maximum atomic E-state index is 13.7. The molecule has 1 aliphatic carbocycles. The third-order valence-corrected chi connectivity index (χ3v) is 6.51. The summed E-state index contributed by atoms with van der Waals surface area (Å²) in [4.78, 5) is 10.8. The number of hydrogen-bond donors (Lipinski definition) is 3. The predicted molar refractivity (Wildman–Crippen MR) is 125 cm³/mol. The van der Waals surface area contributed by atoms with Crippen LogP contribution in [-0.2, 0) is 4.79 Å². The van der Waals surface area contributed by atoms with Gasteiger partial charge in [0.05, 0.1) is 18.6 Å². The second-order valence-corrected chi connectivity index (χ2v) is 9.38. The summed E-state index contributed by atoms with van der Waals surface area (Å²) in [6.45, 7) is 3.97. The second kappa shape index (κ2) is 11.6. The number of ether oxygens (including phenoxy) is 1. The first-order valence-electron chi connectivity index (χ1n) is 11.8. The van der Waals surface area contributed by atoms with Crippen molar-refractivity contribution in [2.24, 2.45) is 5.92 Å². The largest absolute Gasteiger partial charge is 0.490 e. The van der Waals surface area contributed by atoms with Gasteiger partial charge in [0.15, 0.2) is 0 Å². The molecule has 0 spiro atoms. The first-order valence-corrected chi connectivity index (χ1v) is 11.8. The van der Waals surface area contributed by atoms with Crippen LogP contribution in [0, 0.1) is 25.6 Å². The molecule has 1 fully saturated rings. The Bertz CT molecular complexity index is 921. The number of hydrogen-bond acceptors (Lipinski definition) is 4. The van der Waals surface area contributed by atoms with E-state index in [0.717, 1.165) is 35.1 Å². The van der Waals surface area contributed by atoms with Crippen LogP contribution in [0.25, 0.3) is 0 Å². The molecule has 0 heterocycles. The van der Waals surface area contributed by atoms with Crippen LogP contribution >= 0.6 is 0 Å². The Balaban J connectivity index is 1.90. The summed E-state index contributed by atoms with van der Waals surface area (Å²) >= 11 is 0. The van der Waals surface area contributed by atoms with Crippen molar-refractivity contribution >= 4 is 5.97 Å². The summed E-state index contributed by atoms with van der Waals surface area (Å²) in [5, 5.41) is 29.0. The Morgan fingerprint density at radius 2 is 1.73 bits per heavy atom. The third kappa shape index (κ3) is 7.02. The van der Waals surface area contributed by atoms with E-state index in [4.69, 9.17) is 9.84 Å². The Hall–Kier alpha value is -2.44. The Morgan fingerprint density at radius 1 is 1.06 bits per heavy atom. The van der Waals surface area contributed by atoms with E-state index in [-0.39, 0.29) is 24.8 Å². The fraction of sp³-hybridized carbons (Fsp3) is 0.519. The molecule has 0 bridgehead atoms. The normalized spacial score (nSPS) is 17.4. The molecule has 0 aliphatic heterocycles. The van der Waals surface area contributed by atoms with E-state index in [2.05, 4.69) is 6.07 Å². The summed E-state index contributed by atoms with van der Waals surface area (Å²) in [5.74, 6) is -0.209. The van der Waals surface area contributed by atoms with Crippen molar-refractivity contribution in [3.8, 4) is 5.75 Å². The molecule has 2 unspecified atom stereocenters. The van der Waals surface area contributed by atoms with Gasteiger partial charge in [-0.05, 0) is 55.9 Å². The molecule has 3 atom stereocenters. The number of aryl methyl sites for hydroxylation is 2. The van der Waals surface area contributed by atoms with Crippen molar-refractivity contribution in [3.05, 3.63) is 64.5 Å². The molecule has 3 N–H and O–H groups in total. The first kappa shape index (κ1) is 25.2. The molecule has 0 saturated heterocycles. The highest BCUT2D eigenvalue weighted by molar-refractivity contribution is 5.67. The molecule has 0 aromatic heterocycles. The van der Waals surface area contributed by atoms with Crippen molar-refractivity contribution in [1.29, 1.82) is 0 Å². The quantitative estimate of drug-likeness (QED) is 0.460. The number of carbonyl (C=O) groups is 1. The number of aliphatic hydroxyl groups is 2. The zero-order valence-electron chi connectivity index (χ0n) is 19.5. The number of rotatable bonds is 10. The third-order valence-electron chi connectivity index (χ3n) is 6.51. The van der Waals surface area contributed by atoms with Crippen LogP contribution in [0.2, 0.25) is 0 Å². The van der Waals surface area contributed by atoms with Crippen molar-refractivity contribution in [1.82, 2.24) is 0 Å². The van der Waals surface area contributed by atoms with E-state index in [0.29, 0.717) is 11.7 Å². The minimum atomic E-state index is -1.13. The van der Waals surface area contributed by atoms with Gasteiger partial charge in [0, 0.05) is 17.9 Å². The molecule has 180 valence electrons. The van der Waals surface area contributed by atoms with Gasteiger partial charge in [0.1, 0.15) is 18.2 Å². The molecule has 33 heavy (non-hydrogen) atoms. The van der Waals surface area contributed by atoms with Gasteiger partial charge in [-0.3, -0.25) is 4.79 Å². The Kier molecular flexibility index (Phi) is 8.87. The van der Waals surface area contributed by atoms with E-state index >= 15 is 0 Å². The highest BCUT2D eigenvalue weighted by atomic mass is 19.1. The molecule has 1 aliphatic rings. The van der Waals surface area contributed by atoms with Gasteiger partial charge >= 0.3 is 5.97 Å². The molecular weight excluding hydrogens is 423 g/mol. The number of benzene rings is 2. The number of carboxylic acid groups (broad SMARTS) is 1. The summed E-state index contributed by atoms with van der Waals surface area (Å²) in [5.41, 5.74) is 4.14. The fourth-order valence-corrected chi connectivity index (χ4v) is 5.11. The van der Waals surface area contributed by atoms with Crippen molar-refractivity contribution < 1.29 is 29.2 Å². The van der Waals surface area contributed by atoms with Crippen LogP contribution in [-0.4, -0.2) is 40.1 Å². The number of halogens is 1. The van der Waals surface area contributed by atoms with Gasteiger partial charge in [-0.2, -0.15) is 0 Å². The second-order valence-electron chi connectivity index (χ2n) is 9.38. The standard InChI is InChI=1S/C27H35FO5/c1-17-12-18(2)27(33-16-23(30)14-22(29)15-25(31)32)24(13-17)26(19-6-4-3-5-7-19)20-8-10-21(28)11-9-20/h8-13,19,22-23,26,29-30H,3-7,14-16H2,1-2H3,(H,31,32)/t22-,23?,26?/m1/s1. The smallest absolute Gasteiger partial charge is 0.305 e.